The van der Waals surface area contributed by atoms with Gasteiger partial charge in [-0.15, -0.1) is 0 Å². The van der Waals surface area contributed by atoms with Gasteiger partial charge in [0, 0.05) is 51.4 Å². The van der Waals surface area contributed by atoms with E-state index in [1.165, 1.54) is 0 Å². The first-order chi connectivity index (χ1) is 9.54. The number of rotatable bonds is 5. The molecule has 4 heteroatoms. The number of benzene rings is 1. The van der Waals surface area contributed by atoms with Crippen LogP contribution in [0.4, 0.5) is 5.69 Å². The average molecular weight is 278 g/mol. The minimum atomic E-state index is -0.633. The molecule has 1 aromatic carbocycles. The number of likely N-dealkylation sites (N-methyl/N-ethyl adjacent to an activating group) is 1. The van der Waals surface area contributed by atoms with Gasteiger partial charge in [0.2, 0.25) is 0 Å². The second kappa shape index (κ2) is 6.57. The second-order valence-corrected chi connectivity index (χ2v) is 5.80. The summed E-state index contributed by atoms with van der Waals surface area (Å²) < 4.78 is 5.31. The number of nitrogens with two attached hydrogens (primary N) is 1. The molecule has 1 fully saturated rings. The lowest BCUT2D eigenvalue weighted by molar-refractivity contribution is -0.0572. The molecule has 1 aliphatic rings. The van der Waals surface area contributed by atoms with Gasteiger partial charge in [0.15, 0.2) is 0 Å². The molecule has 0 aliphatic carbocycles. The first-order valence-corrected chi connectivity index (χ1v) is 7.41. The van der Waals surface area contributed by atoms with Crippen LogP contribution in [0.5, 0.6) is 0 Å². The highest BCUT2D eigenvalue weighted by atomic mass is 16.5. The minimum absolute atomic E-state index is 0.106. The van der Waals surface area contributed by atoms with Crippen LogP contribution in [0, 0.1) is 0 Å². The fourth-order valence-corrected chi connectivity index (χ4v) is 2.65. The van der Waals surface area contributed by atoms with Gasteiger partial charge in [0.05, 0.1) is 5.60 Å². The molecule has 0 saturated carbocycles. The molecule has 1 saturated heterocycles. The largest absolute Gasteiger partial charge is 0.388 e. The van der Waals surface area contributed by atoms with E-state index in [9.17, 15) is 5.11 Å². The summed E-state index contributed by atoms with van der Waals surface area (Å²) in [7, 11) is 2.02. The molecule has 1 aliphatic heterocycles. The van der Waals surface area contributed by atoms with Crippen molar-refractivity contribution in [3.63, 3.8) is 0 Å². The number of aliphatic hydroxyl groups is 1. The fourth-order valence-electron chi connectivity index (χ4n) is 2.65. The summed E-state index contributed by atoms with van der Waals surface area (Å²) in [5.74, 6) is 0. The van der Waals surface area contributed by atoms with Crippen LogP contribution in [-0.4, -0.2) is 37.5 Å². The van der Waals surface area contributed by atoms with Crippen LogP contribution in [0.25, 0.3) is 0 Å². The Kier molecular flexibility index (Phi) is 5.02. The molecule has 0 unspecified atom stereocenters. The van der Waals surface area contributed by atoms with E-state index < -0.39 is 5.60 Å². The van der Waals surface area contributed by atoms with Gasteiger partial charge in [-0.1, -0.05) is 19.1 Å². The zero-order chi connectivity index (χ0) is 14.6. The van der Waals surface area contributed by atoms with E-state index in [1.807, 2.05) is 7.05 Å². The zero-order valence-electron chi connectivity index (χ0n) is 12.5. The summed E-state index contributed by atoms with van der Waals surface area (Å²) >= 11 is 0. The van der Waals surface area contributed by atoms with Crippen LogP contribution < -0.4 is 10.6 Å². The number of anilines is 1. The van der Waals surface area contributed by atoms with Crippen molar-refractivity contribution in [3.8, 4) is 0 Å². The highest BCUT2D eigenvalue weighted by Gasteiger charge is 2.31. The van der Waals surface area contributed by atoms with Crippen molar-refractivity contribution >= 4 is 5.69 Å². The molecule has 4 nitrogen and oxygen atoms in total. The third kappa shape index (κ3) is 3.72. The van der Waals surface area contributed by atoms with Crippen molar-refractivity contribution in [2.45, 2.75) is 37.8 Å². The van der Waals surface area contributed by atoms with Crippen LogP contribution >= 0.6 is 0 Å². The minimum Gasteiger partial charge on any atom is -0.388 e. The van der Waals surface area contributed by atoms with Crippen LogP contribution in [0.3, 0.4) is 0 Å². The highest BCUT2D eigenvalue weighted by Crippen LogP contribution is 2.25. The molecule has 0 spiro atoms. The molecular weight excluding hydrogens is 252 g/mol. The maximum atomic E-state index is 10.5. The Hall–Kier alpha value is -1.10. The van der Waals surface area contributed by atoms with E-state index in [0.29, 0.717) is 32.6 Å². The number of hydrogen-bond acceptors (Lipinski definition) is 4. The Morgan fingerprint density at radius 2 is 1.90 bits per heavy atom. The smallest absolute Gasteiger partial charge is 0.0865 e. The lowest BCUT2D eigenvalue weighted by atomic mass is 9.93. The third-order valence-electron chi connectivity index (χ3n) is 4.16. The number of ether oxygens (including phenoxy) is 1. The molecule has 1 aromatic rings. The van der Waals surface area contributed by atoms with Crippen molar-refractivity contribution in [3.05, 3.63) is 29.8 Å². The average Bonchev–Trinajstić information content (AvgIpc) is 2.47. The van der Waals surface area contributed by atoms with Crippen LogP contribution in [0.1, 0.15) is 37.8 Å². The van der Waals surface area contributed by atoms with Gasteiger partial charge in [0.1, 0.15) is 0 Å². The standard InChI is InChI=1S/C16H26N2O2/c1-3-15(17)13-4-6-14(7-5-13)18(2)12-16(19)8-10-20-11-9-16/h4-7,15,19H,3,8-12,17H2,1-2H3/t15-/m0/s1. The van der Waals surface area contributed by atoms with Gasteiger partial charge in [-0.2, -0.15) is 0 Å². The lowest BCUT2D eigenvalue weighted by Gasteiger charge is -2.36. The molecule has 2 rings (SSSR count). The Morgan fingerprint density at radius 3 is 2.45 bits per heavy atom. The van der Waals surface area contributed by atoms with Gasteiger partial charge in [-0.3, -0.25) is 0 Å². The lowest BCUT2D eigenvalue weighted by Crippen LogP contribution is -2.45. The Bertz CT molecular complexity index is 413. The third-order valence-corrected chi connectivity index (χ3v) is 4.16. The van der Waals surface area contributed by atoms with Gasteiger partial charge in [-0.05, 0) is 24.1 Å². The summed E-state index contributed by atoms with van der Waals surface area (Å²) in [4.78, 5) is 2.10. The summed E-state index contributed by atoms with van der Waals surface area (Å²) in [6, 6.07) is 8.41. The van der Waals surface area contributed by atoms with Crippen molar-refractivity contribution in [1.82, 2.24) is 0 Å². The molecule has 0 aromatic heterocycles. The van der Waals surface area contributed by atoms with E-state index in [0.717, 1.165) is 17.7 Å². The molecule has 1 heterocycles. The molecule has 0 amide bonds. The second-order valence-electron chi connectivity index (χ2n) is 5.80. The van der Waals surface area contributed by atoms with E-state index in [2.05, 4.69) is 36.1 Å². The first-order valence-electron chi connectivity index (χ1n) is 7.41. The number of nitrogens with zero attached hydrogens (tertiary/aromatic N) is 1. The summed E-state index contributed by atoms with van der Waals surface area (Å²) in [6.45, 7) is 4.02. The zero-order valence-corrected chi connectivity index (χ0v) is 12.5. The molecule has 20 heavy (non-hydrogen) atoms. The van der Waals surface area contributed by atoms with Gasteiger partial charge >= 0.3 is 0 Å². The molecule has 0 radical (unpaired) electrons. The summed E-state index contributed by atoms with van der Waals surface area (Å²) in [6.07, 6.45) is 2.35. The highest BCUT2D eigenvalue weighted by molar-refractivity contribution is 5.47. The molecular formula is C16H26N2O2. The normalized spacial score (nSPS) is 19.6. The van der Waals surface area contributed by atoms with Gasteiger partial charge in [0.25, 0.3) is 0 Å². The molecule has 112 valence electrons. The van der Waals surface area contributed by atoms with E-state index in [-0.39, 0.29) is 6.04 Å². The van der Waals surface area contributed by atoms with Crippen molar-refractivity contribution in [1.29, 1.82) is 0 Å². The van der Waals surface area contributed by atoms with Crippen molar-refractivity contribution in [2.75, 3.05) is 31.7 Å². The van der Waals surface area contributed by atoms with Gasteiger partial charge < -0.3 is 20.5 Å². The first kappa shape index (κ1) is 15.3. The van der Waals surface area contributed by atoms with Crippen molar-refractivity contribution < 1.29 is 9.84 Å². The van der Waals surface area contributed by atoms with Crippen LogP contribution in [0.2, 0.25) is 0 Å². The Morgan fingerprint density at radius 1 is 1.30 bits per heavy atom. The topological polar surface area (TPSA) is 58.7 Å². The van der Waals surface area contributed by atoms with E-state index in [4.69, 9.17) is 10.5 Å². The molecule has 3 N–H and O–H groups in total. The van der Waals surface area contributed by atoms with Crippen LogP contribution in [0.15, 0.2) is 24.3 Å². The van der Waals surface area contributed by atoms with Crippen molar-refractivity contribution in [2.24, 2.45) is 5.73 Å². The van der Waals surface area contributed by atoms with Crippen LogP contribution in [-0.2, 0) is 4.74 Å². The van der Waals surface area contributed by atoms with E-state index >= 15 is 0 Å². The number of hydrogen-bond donors (Lipinski definition) is 2. The maximum absolute atomic E-state index is 10.5. The SMILES string of the molecule is CC[C@H](N)c1ccc(N(C)CC2(O)CCOCC2)cc1. The Labute approximate surface area is 121 Å². The fraction of sp³-hybridized carbons (Fsp3) is 0.625. The summed E-state index contributed by atoms with van der Waals surface area (Å²) in [5.41, 5.74) is 7.66. The monoisotopic (exact) mass is 278 g/mol. The predicted molar refractivity (Wildman–Crippen MR) is 81.9 cm³/mol. The summed E-state index contributed by atoms with van der Waals surface area (Å²) in [5, 5.41) is 10.5. The molecule has 0 bridgehead atoms. The maximum Gasteiger partial charge on any atom is 0.0865 e. The van der Waals surface area contributed by atoms with E-state index in [1.54, 1.807) is 0 Å². The Balaban J connectivity index is 2.00. The van der Waals surface area contributed by atoms with Gasteiger partial charge in [-0.25, -0.2) is 0 Å². The predicted octanol–water partition coefficient (Wildman–Crippen LogP) is 2.07. The molecule has 1 atom stereocenters. The quantitative estimate of drug-likeness (QED) is 0.865.